The van der Waals surface area contributed by atoms with Crippen LogP contribution in [0.3, 0.4) is 0 Å². The third-order valence-corrected chi connectivity index (χ3v) is 5.08. The maximum Gasteiger partial charge on any atom is 0.302 e. The Morgan fingerprint density at radius 1 is 1.00 bits per heavy atom. The number of nitrogens with zero attached hydrogens (tertiary/aromatic N) is 3. The van der Waals surface area contributed by atoms with Gasteiger partial charge in [0.25, 0.3) is 0 Å². The first-order chi connectivity index (χ1) is 15.6. The van der Waals surface area contributed by atoms with Gasteiger partial charge >= 0.3 is 5.91 Å². The van der Waals surface area contributed by atoms with Crippen LogP contribution in [0, 0.1) is 6.92 Å². The van der Waals surface area contributed by atoms with Crippen molar-refractivity contribution < 1.29 is 19.4 Å². The Labute approximate surface area is 185 Å². The van der Waals surface area contributed by atoms with Gasteiger partial charge in [-0.2, -0.15) is 0 Å². The van der Waals surface area contributed by atoms with Crippen LogP contribution in [0.1, 0.15) is 11.1 Å². The number of aryl methyl sites for hydroxylation is 1. The third-order valence-electron chi connectivity index (χ3n) is 5.08. The van der Waals surface area contributed by atoms with E-state index in [0.717, 1.165) is 22.4 Å². The molecule has 3 aromatic carbocycles. The molecule has 0 saturated heterocycles. The van der Waals surface area contributed by atoms with E-state index in [9.17, 15) is 9.90 Å². The molecule has 4 rings (SSSR count). The molecule has 0 spiro atoms. The van der Waals surface area contributed by atoms with Crippen molar-refractivity contribution in [2.45, 2.75) is 13.5 Å². The highest BCUT2D eigenvalue weighted by Gasteiger charge is 2.18. The van der Waals surface area contributed by atoms with Gasteiger partial charge in [0.05, 0.1) is 19.2 Å². The van der Waals surface area contributed by atoms with Gasteiger partial charge in [-0.05, 0) is 31.2 Å². The molecule has 0 fully saturated rings. The number of aromatic hydroxyl groups is 1. The summed E-state index contributed by atoms with van der Waals surface area (Å²) in [7, 11) is 1.61. The van der Waals surface area contributed by atoms with Crippen molar-refractivity contribution in [2.24, 2.45) is 10.2 Å². The smallest absolute Gasteiger partial charge is 0.302 e. The number of benzene rings is 3. The summed E-state index contributed by atoms with van der Waals surface area (Å²) >= 11 is 0. The summed E-state index contributed by atoms with van der Waals surface area (Å²) in [5, 5.41) is 19.4. The summed E-state index contributed by atoms with van der Waals surface area (Å²) in [6.45, 7) is 2.10. The molecule has 32 heavy (non-hydrogen) atoms. The number of carbonyl (C=O) groups excluding carboxylic acids is 1. The van der Waals surface area contributed by atoms with Crippen LogP contribution in [0.2, 0.25) is 0 Å². The van der Waals surface area contributed by atoms with E-state index >= 15 is 0 Å². The van der Waals surface area contributed by atoms with Gasteiger partial charge in [0.2, 0.25) is 5.88 Å². The van der Waals surface area contributed by atoms with Crippen molar-refractivity contribution in [3.63, 3.8) is 0 Å². The molecule has 7 nitrogen and oxygen atoms in total. The third kappa shape index (κ3) is 4.46. The second-order valence-corrected chi connectivity index (χ2v) is 7.28. The van der Waals surface area contributed by atoms with E-state index in [1.807, 2.05) is 67.6 Å². The van der Waals surface area contributed by atoms with Crippen LogP contribution in [0.25, 0.3) is 10.9 Å². The molecule has 0 atom stereocenters. The van der Waals surface area contributed by atoms with E-state index in [0.29, 0.717) is 17.7 Å². The highest BCUT2D eigenvalue weighted by Crippen LogP contribution is 2.39. The molecule has 0 saturated carbocycles. The quantitative estimate of drug-likeness (QED) is 0.399. The molecule has 162 valence electrons. The summed E-state index contributed by atoms with van der Waals surface area (Å²) in [5.41, 5.74) is 3.01. The van der Waals surface area contributed by atoms with Gasteiger partial charge in [-0.3, -0.25) is 4.79 Å². The Bertz CT molecular complexity index is 1280. The van der Waals surface area contributed by atoms with Gasteiger partial charge in [0.1, 0.15) is 11.5 Å². The normalized spacial score (nSPS) is 11.2. The molecular weight excluding hydrogens is 406 g/mol. The molecular formula is C25H23N3O4. The number of methoxy groups -OCH3 is 1. The van der Waals surface area contributed by atoms with Gasteiger partial charge < -0.3 is 19.1 Å². The summed E-state index contributed by atoms with van der Waals surface area (Å²) in [5.74, 6) is 0.673. The monoisotopic (exact) mass is 429 g/mol. The predicted molar refractivity (Wildman–Crippen MR) is 122 cm³/mol. The van der Waals surface area contributed by atoms with Crippen molar-refractivity contribution in [3.05, 3.63) is 83.9 Å². The number of fused-ring (bicyclic) bond motifs is 1. The summed E-state index contributed by atoms with van der Waals surface area (Å²) in [6, 6.07) is 22.4. The van der Waals surface area contributed by atoms with Crippen molar-refractivity contribution in [2.75, 3.05) is 13.7 Å². The summed E-state index contributed by atoms with van der Waals surface area (Å²) in [6.07, 6.45) is 0. The standard InChI is InChI=1S/C25H23N3O4/c1-17-11-13-19(14-12-17)32-16-23(29)26-27-24-20-8-4-5-9-21(20)28(25(24)30)15-18-7-3-6-10-22(18)31-2/h3-14,30H,15-16H2,1-2H3. The summed E-state index contributed by atoms with van der Waals surface area (Å²) in [4.78, 5) is 12.2. The first-order valence-corrected chi connectivity index (χ1v) is 10.1. The maximum atomic E-state index is 12.2. The largest absolute Gasteiger partial charge is 0.496 e. The van der Waals surface area contributed by atoms with E-state index < -0.39 is 5.91 Å². The van der Waals surface area contributed by atoms with E-state index in [1.165, 1.54) is 0 Å². The minimum atomic E-state index is -0.550. The average Bonchev–Trinajstić information content (AvgIpc) is 3.08. The number of amides is 1. The zero-order valence-electron chi connectivity index (χ0n) is 17.9. The number of rotatable bonds is 7. The van der Waals surface area contributed by atoms with E-state index in [4.69, 9.17) is 9.47 Å². The predicted octanol–water partition coefficient (Wildman–Crippen LogP) is 5.40. The van der Waals surface area contributed by atoms with E-state index in [2.05, 4.69) is 10.2 Å². The minimum Gasteiger partial charge on any atom is -0.496 e. The van der Waals surface area contributed by atoms with Gasteiger partial charge in [-0.25, -0.2) is 0 Å². The molecule has 7 heteroatoms. The molecule has 1 aromatic heterocycles. The Hall–Kier alpha value is -4.13. The number of azo groups is 1. The maximum absolute atomic E-state index is 12.2. The summed E-state index contributed by atoms with van der Waals surface area (Å²) < 4.78 is 12.6. The molecule has 1 amide bonds. The number of ether oxygens (including phenoxy) is 2. The molecule has 0 bridgehead atoms. The van der Waals surface area contributed by atoms with Gasteiger partial charge in [0.15, 0.2) is 12.3 Å². The number of hydrogen-bond donors (Lipinski definition) is 1. The Kier molecular flexibility index (Phi) is 6.17. The van der Waals surface area contributed by atoms with Crippen LogP contribution >= 0.6 is 0 Å². The highest BCUT2D eigenvalue weighted by molar-refractivity contribution is 5.95. The van der Waals surface area contributed by atoms with Crippen molar-refractivity contribution in [1.29, 1.82) is 0 Å². The Morgan fingerprint density at radius 3 is 2.50 bits per heavy atom. The molecule has 1 N–H and O–H groups in total. The number of carbonyl (C=O) groups is 1. The van der Waals surface area contributed by atoms with Crippen LogP contribution in [-0.2, 0) is 11.3 Å². The van der Waals surface area contributed by atoms with Crippen molar-refractivity contribution >= 4 is 22.5 Å². The van der Waals surface area contributed by atoms with Gasteiger partial charge in [-0.15, -0.1) is 10.2 Å². The molecule has 0 aliphatic rings. The van der Waals surface area contributed by atoms with Crippen LogP contribution in [0.5, 0.6) is 17.4 Å². The molecule has 4 aromatic rings. The van der Waals surface area contributed by atoms with Gasteiger partial charge in [0, 0.05) is 10.9 Å². The van der Waals surface area contributed by atoms with Crippen LogP contribution in [-0.4, -0.2) is 29.3 Å². The fourth-order valence-corrected chi connectivity index (χ4v) is 3.45. The molecule has 0 radical (unpaired) electrons. The minimum absolute atomic E-state index is 0.0758. The number of para-hydroxylation sites is 2. The fourth-order valence-electron chi connectivity index (χ4n) is 3.45. The molecule has 1 heterocycles. The highest BCUT2D eigenvalue weighted by atomic mass is 16.5. The first-order valence-electron chi connectivity index (χ1n) is 10.1. The average molecular weight is 429 g/mol. The van der Waals surface area contributed by atoms with Gasteiger partial charge in [-0.1, -0.05) is 54.1 Å². The topological polar surface area (TPSA) is 85.4 Å². The SMILES string of the molecule is COc1ccccc1Cn1c(O)c(N=NC(=O)COc2ccc(C)cc2)c2ccccc21. The lowest BCUT2D eigenvalue weighted by atomic mass is 10.2. The molecule has 0 aliphatic heterocycles. The van der Waals surface area contributed by atoms with E-state index in [-0.39, 0.29) is 18.2 Å². The van der Waals surface area contributed by atoms with Crippen LogP contribution in [0.15, 0.2) is 83.0 Å². The van der Waals surface area contributed by atoms with Crippen LogP contribution < -0.4 is 9.47 Å². The first kappa shape index (κ1) is 21.1. The number of aromatic nitrogens is 1. The van der Waals surface area contributed by atoms with Crippen molar-refractivity contribution in [1.82, 2.24) is 4.57 Å². The lowest BCUT2D eigenvalue weighted by molar-refractivity contribution is -0.120. The fraction of sp³-hybridized carbons (Fsp3) is 0.160. The second kappa shape index (κ2) is 9.34. The second-order valence-electron chi connectivity index (χ2n) is 7.28. The zero-order chi connectivity index (χ0) is 22.5. The lowest BCUT2D eigenvalue weighted by Gasteiger charge is -2.11. The molecule has 0 aliphatic carbocycles. The number of hydrogen-bond acceptors (Lipinski definition) is 5. The lowest BCUT2D eigenvalue weighted by Crippen LogP contribution is -2.07. The van der Waals surface area contributed by atoms with E-state index in [1.54, 1.807) is 23.8 Å². The molecule has 0 unspecified atom stereocenters. The van der Waals surface area contributed by atoms with Crippen LogP contribution in [0.4, 0.5) is 5.69 Å². The zero-order valence-corrected chi connectivity index (χ0v) is 17.9. The van der Waals surface area contributed by atoms with Crippen molar-refractivity contribution in [3.8, 4) is 17.4 Å². The Morgan fingerprint density at radius 2 is 1.72 bits per heavy atom. The Balaban J connectivity index is 1.58.